The highest BCUT2D eigenvalue weighted by atomic mass is 19.1. The quantitative estimate of drug-likeness (QED) is 0.689. The molecule has 0 aliphatic carbocycles. The van der Waals surface area contributed by atoms with Gasteiger partial charge in [-0.15, -0.1) is 0 Å². The molecule has 75 valence electrons. The van der Waals surface area contributed by atoms with Crippen LogP contribution in [0.15, 0.2) is 42.5 Å². The van der Waals surface area contributed by atoms with E-state index in [0.29, 0.717) is 5.56 Å². The van der Waals surface area contributed by atoms with Crippen molar-refractivity contribution in [1.29, 1.82) is 0 Å². The molecule has 0 aliphatic rings. The minimum Gasteiger partial charge on any atom is -0.206 e. The summed E-state index contributed by atoms with van der Waals surface area (Å²) in [6.07, 6.45) is 1.00. The fourth-order valence-electron chi connectivity index (χ4n) is 1.54. The van der Waals surface area contributed by atoms with Gasteiger partial charge in [0, 0.05) is 5.56 Å². The smallest absolute Gasteiger partial charge is 0.131 e. The van der Waals surface area contributed by atoms with E-state index in [-0.39, 0.29) is 5.82 Å². The van der Waals surface area contributed by atoms with Gasteiger partial charge in [-0.1, -0.05) is 43.3 Å². The Hall–Kier alpha value is -1.63. The van der Waals surface area contributed by atoms with Gasteiger partial charge in [0.25, 0.3) is 0 Å². The number of rotatable bonds is 2. The molecule has 0 nitrogen and oxygen atoms in total. The number of benzene rings is 2. The Kier molecular flexibility index (Phi) is 2.82. The Morgan fingerprint density at radius 1 is 1.13 bits per heavy atom. The first-order valence-electron chi connectivity index (χ1n) is 5.07. The van der Waals surface area contributed by atoms with E-state index in [2.05, 4.69) is 13.0 Å². The molecule has 0 fully saturated rings. The highest BCUT2D eigenvalue weighted by Crippen LogP contribution is 2.22. The minimum atomic E-state index is -0.221. The first kappa shape index (κ1) is 9.91. The zero-order chi connectivity index (χ0) is 10.7. The Labute approximate surface area is 89.4 Å². The van der Waals surface area contributed by atoms with E-state index in [1.165, 1.54) is 11.6 Å². The number of hydrogen-bond donors (Lipinski definition) is 0. The van der Waals surface area contributed by atoms with Crippen molar-refractivity contribution in [1.82, 2.24) is 0 Å². The van der Waals surface area contributed by atoms with Crippen molar-refractivity contribution in [3.8, 4) is 11.1 Å². The van der Waals surface area contributed by atoms with Crippen LogP contribution in [0.3, 0.4) is 0 Å². The van der Waals surface area contributed by atoms with Crippen LogP contribution in [0.1, 0.15) is 12.5 Å². The van der Waals surface area contributed by atoms with Crippen molar-refractivity contribution in [2.75, 3.05) is 0 Å². The van der Waals surface area contributed by atoms with Gasteiger partial charge in [0.2, 0.25) is 0 Å². The van der Waals surface area contributed by atoms with Crippen LogP contribution in [-0.4, -0.2) is 0 Å². The van der Waals surface area contributed by atoms with Crippen LogP contribution in [0.25, 0.3) is 11.1 Å². The van der Waals surface area contributed by atoms with Crippen LogP contribution in [-0.2, 0) is 6.42 Å². The molecule has 0 saturated carbocycles. The first-order valence-corrected chi connectivity index (χ1v) is 5.07. The summed E-state index contributed by atoms with van der Waals surface area (Å²) in [7, 11) is 0. The van der Waals surface area contributed by atoms with Gasteiger partial charge in [0.05, 0.1) is 0 Å². The van der Waals surface area contributed by atoms with Crippen molar-refractivity contribution in [2.45, 2.75) is 13.3 Å². The lowest BCUT2D eigenvalue weighted by atomic mass is 10.0. The second kappa shape index (κ2) is 4.26. The molecule has 0 heterocycles. The highest BCUT2D eigenvalue weighted by molar-refractivity contribution is 5.63. The van der Waals surface area contributed by atoms with E-state index < -0.39 is 0 Å². The molecule has 0 aliphatic heterocycles. The van der Waals surface area contributed by atoms with Crippen molar-refractivity contribution in [3.05, 3.63) is 59.9 Å². The SMILES string of the molecule is CCc1ccc(-c2[c]cccc2F)cc1. The first-order chi connectivity index (χ1) is 7.31. The largest absolute Gasteiger partial charge is 0.206 e. The van der Waals surface area contributed by atoms with Gasteiger partial charge >= 0.3 is 0 Å². The van der Waals surface area contributed by atoms with Crippen molar-refractivity contribution in [3.63, 3.8) is 0 Å². The molecule has 0 N–H and O–H groups in total. The van der Waals surface area contributed by atoms with Crippen LogP contribution >= 0.6 is 0 Å². The molecule has 0 atom stereocenters. The average Bonchev–Trinajstić information content (AvgIpc) is 2.30. The lowest BCUT2D eigenvalue weighted by molar-refractivity contribution is 0.631. The van der Waals surface area contributed by atoms with Crippen LogP contribution in [0, 0.1) is 11.9 Å². The summed E-state index contributed by atoms with van der Waals surface area (Å²) < 4.78 is 13.4. The fourth-order valence-corrected chi connectivity index (χ4v) is 1.54. The highest BCUT2D eigenvalue weighted by Gasteiger charge is 2.03. The molecule has 1 heteroatoms. The molecular formula is C14H12F. The van der Waals surface area contributed by atoms with Gasteiger partial charge in [-0.25, -0.2) is 4.39 Å². The summed E-state index contributed by atoms with van der Waals surface area (Å²) in [6.45, 7) is 2.10. The maximum atomic E-state index is 13.4. The van der Waals surface area contributed by atoms with Crippen molar-refractivity contribution in [2.24, 2.45) is 0 Å². The van der Waals surface area contributed by atoms with Gasteiger partial charge < -0.3 is 0 Å². The zero-order valence-electron chi connectivity index (χ0n) is 8.63. The Bertz CT molecular complexity index is 443. The van der Waals surface area contributed by atoms with Crippen LogP contribution in [0.5, 0.6) is 0 Å². The third-order valence-electron chi connectivity index (χ3n) is 2.46. The third-order valence-corrected chi connectivity index (χ3v) is 2.46. The van der Waals surface area contributed by atoms with Crippen LogP contribution < -0.4 is 0 Å². The fraction of sp³-hybridized carbons (Fsp3) is 0.143. The maximum Gasteiger partial charge on any atom is 0.131 e. The number of halogens is 1. The molecule has 2 aromatic rings. The molecule has 0 amide bonds. The Morgan fingerprint density at radius 2 is 1.87 bits per heavy atom. The lowest BCUT2D eigenvalue weighted by Crippen LogP contribution is -1.85. The molecule has 15 heavy (non-hydrogen) atoms. The van der Waals surface area contributed by atoms with E-state index >= 15 is 0 Å². The number of aryl methyl sites for hydroxylation is 1. The second-order valence-corrected chi connectivity index (χ2v) is 3.44. The van der Waals surface area contributed by atoms with Gasteiger partial charge in [0.15, 0.2) is 0 Å². The average molecular weight is 199 g/mol. The zero-order valence-corrected chi connectivity index (χ0v) is 8.63. The molecule has 2 rings (SSSR count). The Morgan fingerprint density at radius 3 is 2.47 bits per heavy atom. The predicted molar refractivity (Wildman–Crippen MR) is 60.1 cm³/mol. The lowest BCUT2D eigenvalue weighted by Gasteiger charge is -2.03. The second-order valence-electron chi connectivity index (χ2n) is 3.44. The van der Waals surface area contributed by atoms with E-state index in [0.717, 1.165) is 12.0 Å². The standard InChI is InChI=1S/C14H12F/c1-2-11-7-9-12(10-8-11)13-5-3-4-6-14(13)15/h3-4,6-10H,2H2,1H3. The Balaban J connectivity index is 2.42. The summed E-state index contributed by atoms with van der Waals surface area (Å²) in [5, 5.41) is 0. The van der Waals surface area contributed by atoms with Crippen LogP contribution in [0.2, 0.25) is 0 Å². The van der Waals surface area contributed by atoms with Gasteiger partial charge in [0.1, 0.15) is 5.82 Å². The molecule has 0 bridgehead atoms. The predicted octanol–water partition coefficient (Wildman–Crippen LogP) is 3.86. The summed E-state index contributed by atoms with van der Waals surface area (Å²) in [4.78, 5) is 0. The van der Waals surface area contributed by atoms with E-state index in [4.69, 9.17) is 0 Å². The van der Waals surface area contributed by atoms with E-state index in [1.807, 2.05) is 24.3 Å². The summed E-state index contributed by atoms with van der Waals surface area (Å²) in [5.41, 5.74) is 2.68. The topological polar surface area (TPSA) is 0 Å². The van der Waals surface area contributed by atoms with Gasteiger partial charge in [-0.3, -0.25) is 0 Å². The molecule has 0 saturated heterocycles. The normalized spacial score (nSPS) is 10.3. The van der Waals surface area contributed by atoms with Crippen LogP contribution in [0.4, 0.5) is 4.39 Å². The maximum absolute atomic E-state index is 13.4. The number of hydrogen-bond acceptors (Lipinski definition) is 0. The molecule has 2 aromatic carbocycles. The van der Waals surface area contributed by atoms with Crippen molar-refractivity contribution < 1.29 is 4.39 Å². The van der Waals surface area contributed by atoms with E-state index in [1.54, 1.807) is 12.1 Å². The van der Waals surface area contributed by atoms with Gasteiger partial charge in [-0.2, -0.15) is 0 Å². The summed E-state index contributed by atoms with van der Waals surface area (Å²) >= 11 is 0. The monoisotopic (exact) mass is 199 g/mol. The van der Waals surface area contributed by atoms with Gasteiger partial charge in [-0.05, 0) is 29.7 Å². The summed E-state index contributed by atoms with van der Waals surface area (Å²) in [5.74, 6) is -0.221. The van der Waals surface area contributed by atoms with E-state index in [9.17, 15) is 4.39 Å². The molecular weight excluding hydrogens is 187 g/mol. The van der Waals surface area contributed by atoms with Crippen molar-refractivity contribution >= 4 is 0 Å². The molecule has 0 aromatic heterocycles. The molecule has 1 radical (unpaired) electrons. The minimum absolute atomic E-state index is 0.221. The summed E-state index contributed by atoms with van der Waals surface area (Å²) in [6, 6.07) is 15.7. The third kappa shape index (κ3) is 2.07. The molecule has 0 unspecified atom stereocenters. The molecule has 0 spiro atoms.